The van der Waals surface area contributed by atoms with Crippen molar-refractivity contribution < 1.29 is 14.7 Å². The molecule has 2 heterocycles. The number of hydrogen-bond acceptors (Lipinski definition) is 4. The number of carboxylic acids is 1. The highest BCUT2D eigenvalue weighted by atomic mass is 32.1. The Morgan fingerprint density at radius 1 is 1.38 bits per heavy atom. The van der Waals surface area contributed by atoms with Crippen molar-refractivity contribution in [1.29, 1.82) is 0 Å². The maximum Gasteiger partial charge on any atom is 0.337 e. The van der Waals surface area contributed by atoms with Crippen molar-refractivity contribution in [3.8, 4) is 0 Å². The number of nitrogens with zero attached hydrogens (tertiary/aromatic N) is 2. The Labute approximate surface area is 123 Å². The fourth-order valence-electron chi connectivity index (χ4n) is 2.13. The summed E-state index contributed by atoms with van der Waals surface area (Å²) >= 11 is 1.32. The van der Waals surface area contributed by atoms with Crippen molar-refractivity contribution in [3.05, 3.63) is 46.4 Å². The summed E-state index contributed by atoms with van der Waals surface area (Å²) in [6.45, 7) is 0. The molecule has 0 aliphatic rings. The molecule has 0 fully saturated rings. The van der Waals surface area contributed by atoms with E-state index in [1.807, 2.05) is 0 Å². The van der Waals surface area contributed by atoms with Gasteiger partial charge in [-0.25, -0.2) is 9.78 Å². The number of anilines is 1. The molecule has 2 N–H and O–H groups in total. The van der Waals surface area contributed by atoms with E-state index in [0.29, 0.717) is 21.6 Å². The van der Waals surface area contributed by atoms with Gasteiger partial charge >= 0.3 is 5.97 Å². The second-order valence-corrected chi connectivity index (χ2v) is 5.43. The summed E-state index contributed by atoms with van der Waals surface area (Å²) in [6, 6.07) is 6.59. The Hall–Kier alpha value is -2.67. The fraction of sp³-hybridized carbons (Fsp3) is 0.0714. The van der Waals surface area contributed by atoms with Gasteiger partial charge in [-0.1, -0.05) is 6.07 Å². The van der Waals surface area contributed by atoms with Crippen molar-refractivity contribution in [2.75, 3.05) is 5.32 Å². The molecular weight excluding hydrogens is 290 g/mol. The highest BCUT2D eigenvalue weighted by Crippen LogP contribution is 2.24. The Kier molecular flexibility index (Phi) is 3.19. The second kappa shape index (κ2) is 5.02. The standard InChI is InChI=1S/C14H11N3O3S/c1-17-7-15-10-6-8(5-9(12(10)17)14(19)20)16-13(18)11-3-2-4-21-11/h2-7H,1H3,(H,16,18)(H,19,20). The maximum atomic E-state index is 12.0. The summed E-state index contributed by atoms with van der Waals surface area (Å²) in [4.78, 5) is 28.1. The average Bonchev–Trinajstić information content (AvgIpc) is 3.08. The molecule has 0 aliphatic heterocycles. The third-order valence-electron chi connectivity index (χ3n) is 3.05. The van der Waals surface area contributed by atoms with Crippen molar-refractivity contribution in [2.24, 2.45) is 7.05 Å². The van der Waals surface area contributed by atoms with Crippen LogP contribution in [0.25, 0.3) is 11.0 Å². The van der Waals surface area contributed by atoms with Crippen LogP contribution in [-0.2, 0) is 7.05 Å². The lowest BCUT2D eigenvalue weighted by Crippen LogP contribution is -2.11. The quantitative estimate of drug-likeness (QED) is 0.778. The second-order valence-electron chi connectivity index (χ2n) is 4.48. The van der Waals surface area contributed by atoms with Crippen LogP contribution in [0.4, 0.5) is 5.69 Å². The third-order valence-corrected chi connectivity index (χ3v) is 3.91. The van der Waals surface area contributed by atoms with Gasteiger partial charge in [0.2, 0.25) is 0 Å². The van der Waals surface area contributed by atoms with Gasteiger partial charge in [-0.15, -0.1) is 11.3 Å². The van der Waals surface area contributed by atoms with E-state index in [2.05, 4.69) is 10.3 Å². The number of nitrogens with one attached hydrogen (secondary N) is 1. The van der Waals surface area contributed by atoms with Crippen molar-refractivity contribution >= 4 is 39.9 Å². The van der Waals surface area contributed by atoms with E-state index in [1.165, 1.54) is 17.4 Å². The van der Waals surface area contributed by atoms with Crippen LogP contribution in [0.15, 0.2) is 36.0 Å². The summed E-state index contributed by atoms with van der Waals surface area (Å²) < 4.78 is 1.64. The number of aromatic nitrogens is 2. The summed E-state index contributed by atoms with van der Waals surface area (Å²) in [5.74, 6) is -1.33. The molecule has 1 aromatic carbocycles. The van der Waals surface area contributed by atoms with Crippen LogP contribution in [0.3, 0.4) is 0 Å². The lowest BCUT2D eigenvalue weighted by molar-refractivity contribution is 0.0698. The molecule has 0 saturated heterocycles. The Balaban J connectivity index is 2.04. The zero-order valence-electron chi connectivity index (χ0n) is 11.0. The highest BCUT2D eigenvalue weighted by Gasteiger charge is 2.16. The van der Waals surface area contributed by atoms with Gasteiger partial charge in [0.25, 0.3) is 5.91 Å². The van der Waals surface area contributed by atoms with Crippen LogP contribution in [0.5, 0.6) is 0 Å². The molecule has 0 bridgehead atoms. The number of fused-ring (bicyclic) bond motifs is 1. The average molecular weight is 301 g/mol. The largest absolute Gasteiger partial charge is 0.478 e. The van der Waals surface area contributed by atoms with E-state index in [-0.39, 0.29) is 11.5 Å². The number of aryl methyl sites for hydroxylation is 1. The number of carbonyl (C=O) groups excluding carboxylic acids is 1. The van der Waals surface area contributed by atoms with E-state index in [9.17, 15) is 14.7 Å². The summed E-state index contributed by atoms with van der Waals surface area (Å²) in [5.41, 5.74) is 1.57. The number of carbonyl (C=O) groups is 2. The minimum absolute atomic E-state index is 0.106. The number of hydrogen-bond donors (Lipinski definition) is 2. The summed E-state index contributed by atoms with van der Waals surface area (Å²) in [7, 11) is 1.73. The number of thiophene rings is 1. The minimum Gasteiger partial charge on any atom is -0.478 e. The van der Waals surface area contributed by atoms with Gasteiger partial charge in [0.05, 0.1) is 27.8 Å². The molecular formula is C14H11N3O3S. The predicted octanol–water partition coefficient (Wildman–Crippen LogP) is 2.59. The van der Waals surface area contributed by atoms with Crippen LogP contribution in [0.2, 0.25) is 0 Å². The van der Waals surface area contributed by atoms with Crippen LogP contribution < -0.4 is 5.32 Å². The molecule has 7 heteroatoms. The molecule has 0 atom stereocenters. The smallest absolute Gasteiger partial charge is 0.337 e. The van der Waals surface area contributed by atoms with Crippen LogP contribution in [0.1, 0.15) is 20.0 Å². The van der Waals surface area contributed by atoms with Gasteiger partial charge in [0, 0.05) is 12.7 Å². The van der Waals surface area contributed by atoms with Crippen molar-refractivity contribution in [3.63, 3.8) is 0 Å². The molecule has 3 aromatic rings. The lowest BCUT2D eigenvalue weighted by atomic mass is 10.1. The fourth-order valence-corrected chi connectivity index (χ4v) is 2.75. The van der Waals surface area contributed by atoms with Gasteiger partial charge in [-0.05, 0) is 23.6 Å². The molecule has 1 amide bonds. The van der Waals surface area contributed by atoms with Gasteiger partial charge in [-0.3, -0.25) is 4.79 Å². The van der Waals surface area contributed by atoms with E-state index in [4.69, 9.17) is 0 Å². The molecule has 0 saturated carbocycles. The van der Waals surface area contributed by atoms with E-state index in [0.717, 1.165) is 0 Å². The van der Waals surface area contributed by atoms with E-state index in [1.54, 1.807) is 41.5 Å². The van der Waals surface area contributed by atoms with Gasteiger partial charge < -0.3 is 15.0 Å². The summed E-state index contributed by atoms with van der Waals surface area (Å²) in [6.07, 6.45) is 1.54. The monoisotopic (exact) mass is 301 g/mol. The molecule has 0 aliphatic carbocycles. The van der Waals surface area contributed by atoms with Crippen LogP contribution in [0, 0.1) is 0 Å². The predicted molar refractivity (Wildman–Crippen MR) is 79.9 cm³/mol. The number of benzene rings is 1. The normalized spacial score (nSPS) is 10.7. The van der Waals surface area contributed by atoms with E-state index >= 15 is 0 Å². The first-order valence-corrected chi connectivity index (χ1v) is 6.97. The third kappa shape index (κ3) is 2.38. The van der Waals surface area contributed by atoms with Gasteiger partial charge in [0.1, 0.15) is 0 Å². The lowest BCUT2D eigenvalue weighted by Gasteiger charge is -2.07. The number of amides is 1. The summed E-state index contributed by atoms with van der Waals surface area (Å²) in [5, 5.41) is 13.8. The zero-order chi connectivity index (χ0) is 15.0. The SMILES string of the molecule is Cn1cnc2cc(NC(=O)c3cccs3)cc(C(=O)O)c21. The first-order chi connectivity index (χ1) is 10.1. The molecule has 0 spiro atoms. The van der Waals surface area contributed by atoms with Gasteiger partial charge in [-0.2, -0.15) is 0 Å². The number of carboxylic acid groups (broad SMARTS) is 1. The van der Waals surface area contributed by atoms with Gasteiger partial charge in [0.15, 0.2) is 0 Å². The van der Waals surface area contributed by atoms with Crippen LogP contribution in [-0.4, -0.2) is 26.5 Å². The molecule has 21 heavy (non-hydrogen) atoms. The Morgan fingerprint density at radius 3 is 2.86 bits per heavy atom. The highest BCUT2D eigenvalue weighted by molar-refractivity contribution is 7.12. The number of rotatable bonds is 3. The Morgan fingerprint density at radius 2 is 2.19 bits per heavy atom. The molecule has 3 rings (SSSR count). The molecule has 0 radical (unpaired) electrons. The van der Waals surface area contributed by atoms with Crippen molar-refractivity contribution in [1.82, 2.24) is 9.55 Å². The Bertz CT molecular complexity index is 837. The molecule has 6 nitrogen and oxygen atoms in total. The molecule has 0 unspecified atom stereocenters. The van der Waals surface area contributed by atoms with E-state index < -0.39 is 5.97 Å². The number of imidazole rings is 1. The first kappa shape index (κ1) is 13.3. The molecule has 2 aromatic heterocycles. The first-order valence-electron chi connectivity index (χ1n) is 6.09. The topological polar surface area (TPSA) is 84.2 Å². The zero-order valence-corrected chi connectivity index (χ0v) is 11.8. The number of aromatic carboxylic acids is 1. The molecule has 106 valence electrons. The van der Waals surface area contributed by atoms with Crippen molar-refractivity contribution in [2.45, 2.75) is 0 Å². The van der Waals surface area contributed by atoms with Crippen LogP contribution >= 0.6 is 11.3 Å². The minimum atomic E-state index is -1.06. The maximum absolute atomic E-state index is 12.0.